The molecule has 0 saturated carbocycles. The first-order chi connectivity index (χ1) is 9.79. The molecule has 0 heterocycles. The average molecular weight is 356 g/mol. The van der Waals surface area contributed by atoms with Gasteiger partial charge < -0.3 is 16.0 Å². The number of benzene rings is 1. The largest absolute Gasteiger partial charge is 0.336 e. The fraction of sp³-hybridized carbons (Fsp3) is 0.467. The number of aryl methyl sites for hydroxylation is 1. The number of hydrogen-bond acceptors (Lipinski definition) is 3. The van der Waals surface area contributed by atoms with Crippen LogP contribution in [0.1, 0.15) is 25.3 Å². The lowest BCUT2D eigenvalue weighted by Gasteiger charge is -2.18. The lowest BCUT2D eigenvalue weighted by Crippen LogP contribution is -2.35. The quantitative estimate of drug-likeness (QED) is 0.821. The molecule has 5 nitrogen and oxygen atoms in total. The van der Waals surface area contributed by atoms with E-state index in [1.807, 2.05) is 32.0 Å². The van der Waals surface area contributed by atoms with Gasteiger partial charge in [-0.15, -0.1) is 0 Å². The Morgan fingerprint density at radius 2 is 2.10 bits per heavy atom. The number of rotatable bonds is 6. The highest BCUT2D eigenvalue weighted by molar-refractivity contribution is 9.10. The topological polar surface area (TPSA) is 75.4 Å². The minimum Gasteiger partial charge on any atom is -0.336 e. The fourth-order valence-electron chi connectivity index (χ4n) is 1.80. The van der Waals surface area contributed by atoms with Crippen molar-refractivity contribution in [3.8, 4) is 0 Å². The molecule has 1 unspecified atom stereocenters. The maximum atomic E-state index is 12.0. The number of carbonyl (C=O) groups is 2. The second-order valence-corrected chi connectivity index (χ2v) is 6.19. The molecule has 0 aliphatic heterocycles. The highest BCUT2D eigenvalue weighted by atomic mass is 79.9. The van der Waals surface area contributed by atoms with Gasteiger partial charge in [0.2, 0.25) is 11.8 Å². The van der Waals surface area contributed by atoms with E-state index in [1.54, 1.807) is 7.05 Å². The van der Waals surface area contributed by atoms with Crippen LogP contribution < -0.4 is 11.1 Å². The first kappa shape index (κ1) is 17.7. The van der Waals surface area contributed by atoms with E-state index in [-0.39, 0.29) is 24.4 Å². The molecular weight excluding hydrogens is 334 g/mol. The molecule has 6 heteroatoms. The smallest absolute Gasteiger partial charge is 0.243 e. The van der Waals surface area contributed by atoms with Crippen LogP contribution in [0, 0.1) is 6.92 Å². The molecule has 0 aromatic heterocycles. The average Bonchev–Trinajstić information content (AvgIpc) is 2.39. The molecule has 1 aromatic carbocycles. The Hall–Kier alpha value is -1.40. The number of amides is 2. The summed E-state index contributed by atoms with van der Waals surface area (Å²) in [5, 5.41) is 2.81. The number of hydrogen-bond donors (Lipinski definition) is 2. The van der Waals surface area contributed by atoms with E-state index in [1.165, 1.54) is 4.90 Å². The summed E-state index contributed by atoms with van der Waals surface area (Å²) in [6, 6.07) is 5.60. The van der Waals surface area contributed by atoms with Crippen molar-refractivity contribution in [1.82, 2.24) is 4.90 Å². The summed E-state index contributed by atoms with van der Waals surface area (Å²) in [6.45, 7) is 3.81. The van der Waals surface area contributed by atoms with Gasteiger partial charge in [-0.05, 0) is 44.0 Å². The number of halogens is 1. The highest BCUT2D eigenvalue weighted by Crippen LogP contribution is 2.19. The van der Waals surface area contributed by atoms with Crippen molar-refractivity contribution < 1.29 is 9.59 Å². The van der Waals surface area contributed by atoms with Crippen LogP contribution in [0.25, 0.3) is 0 Å². The van der Waals surface area contributed by atoms with E-state index >= 15 is 0 Å². The van der Waals surface area contributed by atoms with Gasteiger partial charge in [0, 0.05) is 29.7 Å². The molecular formula is C15H22BrN3O2. The van der Waals surface area contributed by atoms with Crippen LogP contribution in [0.4, 0.5) is 5.69 Å². The molecule has 116 valence electrons. The van der Waals surface area contributed by atoms with Gasteiger partial charge in [0.25, 0.3) is 0 Å². The van der Waals surface area contributed by atoms with E-state index in [9.17, 15) is 9.59 Å². The minimum absolute atomic E-state index is 0.0124. The normalized spacial score (nSPS) is 11.9. The highest BCUT2D eigenvalue weighted by Gasteiger charge is 2.14. The third-order valence-electron chi connectivity index (χ3n) is 3.08. The summed E-state index contributed by atoms with van der Waals surface area (Å²) in [7, 11) is 1.62. The van der Waals surface area contributed by atoms with Crippen LogP contribution in [-0.4, -0.2) is 36.3 Å². The van der Waals surface area contributed by atoms with Crippen molar-refractivity contribution in [1.29, 1.82) is 0 Å². The van der Waals surface area contributed by atoms with Crippen LogP contribution in [0.15, 0.2) is 22.7 Å². The Balaban J connectivity index is 2.51. The van der Waals surface area contributed by atoms with Gasteiger partial charge in [-0.2, -0.15) is 0 Å². The number of nitrogens with two attached hydrogens (primary N) is 1. The molecule has 0 saturated heterocycles. The summed E-state index contributed by atoms with van der Waals surface area (Å²) in [5.41, 5.74) is 7.33. The Morgan fingerprint density at radius 1 is 1.43 bits per heavy atom. The standard InChI is InChI=1S/C15H22BrN3O2/c1-10-8-12(16)5-6-13(10)18-14(20)9-19(3)15(21)7-4-11(2)17/h5-6,8,11H,4,7,9,17H2,1-3H3,(H,18,20). The van der Waals surface area contributed by atoms with Crippen molar-refractivity contribution in [2.24, 2.45) is 5.73 Å². The summed E-state index contributed by atoms with van der Waals surface area (Å²) in [6.07, 6.45) is 0.982. The molecule has 0 spiro atoms. The molecule has 21 heavy (non-hydrogen) atoms. The van der Waals surface area contributed by atoms with Crippen molar-refractivity contribution in [2.75, 3.05) is 18.9 Å². The first-order valence-electron chi connectivity index (χ1n) is 6.85. The number of nitrogens with zero attached hydrogens (tertiary/aromatic N) is 1. The summed E-state index contributed by atoms with van der Waals surface area (Å²) < 4.78 is 0.959. The van der Waals surface area contributed by atoms with E-state index < -0.39 is 0 Å². The third-order valence-corrected chi connectivity index (χ3v) is 3.58. The molecule has 3 N–H and O–H groups in total. The fourth-order valence-corrected chi connectivity index (χ4v) is 2.28. The van der Waals surface area contributed by atoms with Crippen LogP contribution in [0.5, 0.6) is 0 Å². The Kier molecular flexibility index (Phi) is 6.84. The maximum Gasteiger partial charge on any atom is 0.243 e. The Bertz CT molecular complexity index is 518. The summed E-state index contributed by atoms with van der Waals surface area (Å²) in [5.74, 6) is -0.285. The van der Waals surface area contributed by atoms with Crippen molar-refractivity contribution >= 4 is 33.4 Å². The molecule has 0 aliphatic rings. The molecule has 1 atom stereocenters. The molecule has 1 aromatic rings. The van der Waals surface area contributed by atoms with Crippen LogP contribution in [0.2, 0.25) is 0 Å². The Morgan fingerprint density at radius 3 is 2.67 bits per heavy atom. The molecule has 0 aliphatic carbocycles. The summed E-state index contributed by atoms with van der Waals surface area (Å²) >= 11 is 3.37. The van der Waals surface area contributed by atoms with E-state index in [0.717, 1.165) is 15.7 Å². The number of likely N-dealkylation sites (N-methyl/N-ethyl adjacent to an activating group) is 1. The zero-order valence-electron chi connectivity index (χ0n) is 12.6. The molecule has 0 radical (unpaired) electrons. The zero-order chi connectivity index (χ0) is 16.0. The number of anilines is 1. The lowest BCUT2D eigenvalue weighted by molar-refractivity contribution is -0.133. The second-order valence-electron chi connectivity index (χ2n) is 5.27. The van der Waals surface area contributed by atoms with Crippen molar-refractivity contribution in [3.63, 3.8) is 0 Å². The second kappa shape index (κ2) is 8.14. The van der Waals surface area contributed by atoms with Crippen LogP contribution in [0.3, 0.4) is 0 Å². The van der Waals surface area contributed by atoms with Gasteiger partial charge in [-0.25, -0.2) is 0 Å². The van der Waals surface area contributed by atoms with Crippen LogP contribution >= 0.6 is 15.9 Å². The van der Waals surface area contributed by atoms with Gasteiger partial charge >= 0.3 is 0 Å². The Labute approximate surface area is 134 Å². The van der Waals surface area contributed by atoms with Gasteiger partial charge in [0.05, 0.1) is 6.54 Å². The van der Waals surface area contributed by atoms with Gasteiger partial charge in [-0.3, -0.25) is 9.59 Å². The van der Waals surface area contributed by atoms with Crippen molar-refractivity contribution in [2.45, 2.75) is 32.7 Å². The maximum absolute atomic E-state index is 12.0. The van der Waals surface area contributed by atoms with Crippen LogP contribution in [-0.2, 0) is 9.59 Å². The van der Waals surface area contributed by atoms with Gasteiger partial charge in [-0.1, -0.05) is 15.9 Å². The molecule has 2 amide bonds. The molecule has 1 rings (SSSR count). The lowest BCUT2D eigenvalue weighted by atomic mass is 10.2. The third kappa shape index (κ3) is 6.27. The van der Waals surface area contributed by atoms with E-state index in [0.29, 0.717) is 12.8 Å². The van der Waals surface area contributed by atoms with Crippen molar-refractivity contribution in [3.05, 3.63) is 28.2 Å². The number of carbonyl (C=O) groups excluding carboxylic acids is 2. The van der Waals surface area contributed by atoms with E-state index in [4.69, 9.17) is 5.73 Å². The summed E-state index contributed by atoms with van der Waals surface area (Å²) in [4.78, 5) is 25.2. The monoisotopic (exact) mass is 355 g/mol. The number of nitrogens with one attached hydrogen (secondary N) is 1. The molecule has 0 bridgehead atoms. The SMILES string of the molecule is Cc1cc(Br)ccc1NC(=O)CN(C)C(=O)CCC(C)N. The molecule has 0 fully saturated rings. The van der Waals surface area contributed by atoms with Gasteiger partial charge in [0.1, 0.15) is 0 Å². The predicted molar refractivity (Wildman–Crippen MR) is 88.0 cm³/mol. The predicted octanol–water partition coefficient (Wildman–Crippen LogP) is 2.28. The van der Waals surface area contributed by atoms with E-state index in [2.05, 4.69) is 21.2 Å². The zero-order valence-corrected chi connectivity index (χ0v) is 14.2. The first-order valence-corrected chi connectivity index (χ1v) is 7.64. The van der Waals surface area contributed by atoms with Gasteiger partial charge in [0.15, 0.2) is 0 Å². The minimum atomic E-state index is -0.211.